The molecule has 6 heteroatoms. The summed E-state index contributed by atoms with van der Waals surface area (Å²) in [5, 5.41) is 7.40. The van der Waals surface area contributed by atoms with Crippen molar-refractivity contribution >= 4 is 5.91 Å². The first kappa shape index (κ1) is 17.4. The average molecular weight is 333 g/mol. The molecule has 0 unspecified atom stereocenters. The number of carbonyl (C=O) groups excluding carboxylic acids is 1. The molecule has 0 aromatic carbocycles. The van der Waals surface area contributed by atoms with Gasteiger partial charge in [-0.3, -0.25) is 14.4 Å². The highest BCUT2D eigenvalue weighted by Crippen LogP contribution is 2.18. The standard InChI is InChI=1S/C18H31N5O/c1-16-13-19-23(14-16)8-4-2-3-7-21-9-11-22(12-10-21)15-18(24)20-17-5-6-17/h13-14,17H,2-12,15H2,1H3,(H,20,24). The summed E-state index contributed by atoms with van der Waals surface area (Å²) in [5.74, 6) is 0.208. The van der Waals surface area contributed by atoms with Gasteiger partial charge in [0.2, 0.25) is 5.91 Å². The third kappa shape index (κ3) is 5.91. The van der Waals surface area contributed by atoms with E-state index in [0.29, 0.717) is 12.6 Å². The maximum atomic E-state index is 11.8. The van der Waals surface area contributed by atoms with Gasteiger partial charge in [0, 0.05) is 45.0 Å². The highest BCUT2D eigenvalue weighted by molar-refractivity contribution is 5.78. The molecule has 1 saturated carbocycles. The van der Waals surface area contributed by atoms with E-state index in [4.69, 9.17) is 0 Å². The fourth-order valence-electron chi connectivity index (χ4n) is 3.25. The minimum absolute atomic E-state index is 0.208. The molecule has 1 N–H and O–H groups in total. The summed E-state index contributed by atoms with van der Waals surface area (Å²) in [6.45, 7) is 9.09. The molecule has 0 radical (unpaired) electrons. The third-order valence-corrected chi connectivity index (χ3v) is 4.90. The summed E-state index contributed by atoms with van der Waals surface area (Å²) in [6.07, 6.45) is 10.1. The van der Waals surface area contributed by atoms with E-state index >= 15 is 0 Å². The van der Waals surface area contributed by atoms with Gasteiger partial charge in [0.05, 0.1) is 12.7 Å². The molecule has 0 bridgehead atoms. The van der Waals surface area contributed by atoms with Gasteiger partial charge < -0.3 is 10.2 Å². The Balaban J connectivity index is 1.21. The van der Waals surface area contributed by atoms with Crippen LogP contribution in [0.5, 0.6) is 0 Å². The molecule has 2 aliphatic rings. The predicted molar refractivity (Wildman–Crippen MR) is 94.9 cm³/mol. The number of aryl methyl sites for hydroxylation is 2. The van der Waals surface area contributed by atoms with E-state index in [-0.39, 0.29) is 5.91 Å². The normalized spacial score (nSPS) is 19.5. The van der Waals surface area contributed by atoms with Crippen molar-refractivity contribution in [2.75, 3.05) is 39.3 Å². The highest BCUT2D eigenvalue weighted by Gasteiger charge is 2.25. The molecule has 3 rings (SSSR count). The van der Waals surface area contributed by atoms with Crippen molar-refractivity contribution in [2.45, 2.75) is 51.6 Å². The van der Waals surface area contributed by atoms with Crippen LogP contribution in [0, 0.1) is 6.92 Å². The van der Waals surface area contributed by atoms with Crippen LogP contribution in [0.1, 0.15) is 37.7 Å². The van der Waals surface area contributed by atoms with E-state index in [1.807, 2.05) is 10.9 Å². The van der Waals surface area contributed by atoms with Gasteiger partial charge >= 0.3 is 0 Å². The van der Waals surface area contributed by atoms with Gasteiger partial charge in [0.1, 0.15) is 0 Å². The highest BCUT2D eigenvalue weighted by atomic mass is 16.2. The second-order valence-electron chi connectivity index (χ2n) is 7.30. The van der Waals surface area contributed by atoms with E-state index in [9.17, 15) is 4.79 Å². The molecule has 1 aliphatic heterocycles. The van der Waals surface area contributed by atoms with Crippen molar-refractivity contribution in [2.24, 2.45) is 0 Å². The topological polar surface area (TPSA) is 53.4 Å². The molecule has 0 spiro atoms. The van der Waals surface area contributed by atoms with Crippen molar-refractivity contribution in [3.63, 3.8) is 0 Å². The first-order valence-electron chi connectivity index (χ1n) is 9.42. The molecular formula is C18H31N5O. The lowest BCUT2D eigenvalue weighted by molar-refractivity contribution is -0.122. The number of nitrogens with one attached hydrogen (secondary N) is 1. The molecule has 1 aromatic heterocycles. The Morgan fingerprint density at radius 3 is 2.50 bits per heavy atom. The van der Waals surface area contributed by atoms with E-state index in [1.165, 1.54) is 44.2 Å². The van der Waals surface area contributed by atoms with Gasteiger partial charge in [-0.15, -0.1) is 0 Å². The smallest absolute Gasteiger partial charge is 0.234 e. The number of piperazine rings is 1. The zero-order chi connectivity index (χ0) is 16.8. The molecule has 6 nitrogen and oxygen atoms in total. The number of unbranched alkanes of at least 4 members (excludes halogenated alkanes) is 2. The van der Waals surface area contributed by atoms with Crippen molar-refractivity contribution in [1.82, 2.24) is 24.9 Å². The number of rotatable bonds is 9. The van der Waals surface area contributed by atoms with Crippen LogP contribution in [-0.4, -0.2) is 70.8 Å². The van der Waals surface area contributed by atoms with Gasteiger partial charge in [-0.05, 0) is 44.7 Å². The van der Waals surface area contributed by atoms with Gasteiger partial charge in [0.15, 0.2) is 0 Å². The van der Waals surface area contributed by atoms with Crippen LogP contribution in [0.3, 0.4) is 0 Å². The maximum Gasteiger partial charge on any atom is 0.234 e. The van der Waals surface area contributed by atoms with Crippen molar-refractivity contribution < 1.29 is 4.79 Å². The predicted octanol–water partition coefficient (Wildman–Crippen LogP) is 1.26. The van der Waals surface area contributed by atoms with E-state index < -0.39 is 0 Å². The Hall–Kier alpha value is -1.40. The number of nitrogens with zero attached hydrogens (tertiary/aromatic N) is 4. The van der Waals surface area contributed by atoms with Crippen LogP contribution in [-0.2, 0) is 11.3 Å². The first-order valence-corrected chi connectivity index (χ1v) is 9.42. The SMILES string of the molecule is Cc1cnn(CCCCCN2CCN(CC(=O)NC3CC3)CC2)c1. The van der Waals surface area contributed by atoms with Crippen LogP contribution in [0.4, 0.5) is 0 Å². The fourth-order valence-corrected chi connectivity index (χ4v) is 3.25. The number of hydrogen-bond donors (Lipinski definition) is 1. The number of amides is 1. The summed E-state index contributed by atoms with van der Waals surface area (Å²) >= 11 is 0. The average Bonchev–Trinajstić information content (AvgIpc) is 3.28. The van der Waals surface area contributed by atoms with Gasteiger partial charge in [-0.25, -0.2) is 0 Å². The van der Waals surface area contributed by atoms with Crippen LogP contribution < -0.4 is 5.32 Å². The van der Waals surface area contributed by atoms with E-state index in [0.717, 1.165) is 32.7 Å². The lowest BCUT2D eigenvalue weighted by Crippen LogP contribution is -2.49. The van der Waals surface area contributed by atoms with Crippen molar-refractivity contribution in [3.05, 3.63) is 18.0 Å². The summed E-state index contributed by atoms with van der Waals surface area (Å²) in [6, 6.07) is 0.476. The third-order valence-electron chi connectivity index (χ3n) is 4.90. The Kier molecular flexibility index (Phi) is 6.26. The molecule has 1 aliphatic carbocycles. The van der Waals surface area contributed by atoms with E-state index in [1.54, 1.807) is 0 Å². The molecule has 134 valence electrons. The summed E-state index contributed by atoms with van der Waals surface area (Å²) in [4.78, 5) is 16.7. The Morgan fingerprint density at radius 1 is 1.12 bits per heavy atom. The maximum absolute atomic E-state index is 11.8. The van der Waals surface area contributed by atoms with Gasteiger partial charge in [0.25, 0.3) is 0 Å². The van der Waals surface area contributed by atoms with E-state index in [2.05, 4.69) is 33.3 Å². The first-order chi connectivity index (χ1) is 11.7. The number of hydrogen-bond acceptors (Lipinski definition) is 4. The molecule has 2 fully saturated rings. The molecule has 2 heterocycles. The summed E-state index contributed by atoms with van der Waals surface area (Å²) < 4.78 is 2.04. The molecule has 0 atom stereocenters. The Morgan fingerprint density at radius 2 is 1.83 bits per heavy atom. The fraction of sp³-hybridized carbons (Fsp3) is 0.778. The second kappa shape index (κ2) is 8.62. The van der Waals surface area contributed by atoms with Crippen LogP contribution >= 0.6 is 0 Å². The van der Waals surface area contributed by atoms with Gasteiger partial charge in [-0.1, -0.05) is 6.42 Å². The van der Waals surface area contributed by atoms with Crippen molar-refractivity contribution in [1.29, 1.82) is 0 Å². The largest absolute Gasteiger partial charge is 0.352 e. The Labute approximate surface area is 145 Å². The molecule has 24 heavy (non-hydrogen) atoms. The lowest BCUT2D eigenvalue weighted by atomic mass is 10.2. The van der Waals surface area contributed by atoms with Crippen LogP contribution in [0.15, 0.2) is 12.4 Å². The summed E-state index contributed by atoms with van der Waals surface area (Å²) in [5.41, 5.74) is 1.23. The molecular weight excluding hydrogens is 302 g/mol. The minimum atomic E-state index is 0.208. The Bertz CT molecular complexity index is 517. The minimum Gasteiger partial charge on any atom is -0.352 e. The van der Waals surface area contributed by atoms with Crippen LogP contribution in [0.25, 0.3) is 0 Å². The second-order valence-corrected chi connectivity index (χ2v) is 7.30. The molecule has 1 amide bonds. The lowest BCUT2D eigenvalue weighted by Gasteiger charge is -2.34. The molecule has 1 aromatic rings. The monoisotopic (exact) mass is 333 g/mol. The van der Waals surface area contributed by atoms with Crippen molar-refractivity contribution in [3.8, 4) is 0 Å². The quantitative estimate of drug-likeness (QED) is 0.691. The number of aromatic nitrogens is 2. The zero-order valence-electron chi connectivity index (χ0n) is 14.9. The number of carbonyl (C=O) groups is 1. The van der Waals surface area contributed by atoms with Gasteiger partial charge in [-0.2, -0.15) is 5.10 Å². The summed E-state index contributed by atoms with van der Waals surface area (Å²) in [7, 11) is 0. The zero-order valence-corrected chi connectivity index (χ0v) is 14.9. The van der Waals surface area contributed by atoms with Crippen LogP contribution in [0.2, 0.25) is 0 Å². The molecule has 1 saturated heterocycles.